The lowest BCUT2D eigenvalue weighted by molar-refractivity contribution is 0.00435. The van der Waals surface area contributed by atoms with E-state index in [-0.39, 0.29) is 0 Å². The zero-order chi connectivity index (χ0) is 13.9. The van der Waals surface area contributed by atoms with Gasteiger partial charge in [-0.3, -0.25) is 0 Å². The molecule has 19 heavy (non-hydrogen) atoms. The fraction of sp³-hybridized carbons (Fsp3) is 1.00. The Hall–Kier alpha value is -0.0800. The van der Waals surface area contributed by atoms with Crippen LogP contribution < -0.4 is 5.32 Å². The Balaban J connectivity index is 2.12. The van der Waals surface area contributed by atoms with Gasteiger partial charge in [-0.15, -0.1) is 0 Å². The van der Waals surface area contributed by atoms with Gasteiger partial charge in [0, 0.05) is 11.6 Å². The Morgan fingerprint density at radius 2 is 1.79 bits per heavy atom. The van der Waals surface area contributed by atoms with E-state index < -0.39 is 0 Å². The summed E-state index contributed by atoms with van der Waals surface area (Å²) in [4.78, 5) is 2.56. The fourth-order valence-corrected chi connectivity index (χ4v) is 4.17. The van der Waals surface area contributed by atoms with Crippen molar-refractivity contribution in [3.05, 3.63) is 0 Å². The normalized spacial score (nSPS) is 34.3. The summed E-state index contributed by atoms with van der Waals surface area (Å²) in [5.41, 5.74) is 0.423. The minimum atomic E-state index is 0.423. The molecule has 2 fully saturated rings. The summed E-state index contributed by atoms with van der Waals surface area (Å²) in [7, 11) is 4.63. The lowest BCUT2D eigenvalue weighted by Gasteiger charge is -2.54. The highest BCUT2D eigenvalue weighted by atomic mass is 15.2. The van der Waals surface area contributed by atoms with Gasteiger partial charge in [0.25, 0.3) is 0 Å². The second-order valence-electron chi connectivity index (χ2n) is 7.30. The molecule has 0 spiro atoms. The quantitative estimate of drug-likeness (QED) is 0.789. The molecule has 0 aromatic carbocycles. The summed E-state index contributed by atoms with van der Waals surface area (Å²) in [6, 6.07) is 0.726. The molecule has 1 atom stereocenters. The van der Waals surface area contributed by atoms with Crippen molar-refractivity contribution < 1.29 is 0 Å². The molecule has 0 aliphatic heterocycles. The van der Waals surface area contributed by atoms with Gasteiger partial charge >= 0.3 is 0 Å². The van der Waals surface area contributed by atoms with Crippen molar-refractivity contribution in [2.45, 2.75) is 76.8 Å². The maximum Gasteiger partial charge on any atom is 0.0359 e. The molecule has 0 bridgehead atoms. The van der Waals surface area contributed by atoms with E-state index in [2.05, 4.69) is 38.2 Å². The van der Waals surface area contributed by atoms with Crippen molar-refractivity contribution in [3.8, 4) is 0 Å². The summed E-state index contributed by atoms with van der Waals surface area (Å²) in [5, 5.41) is 3.94. The van der Waals surface area contributed by atoms with E-state index in [1.54, 1.807) is 0 Å². The molecule has 2 nitrogen and oxygen atoms in total. The third kappa shape index (κ3) is 3.16. The molecule has 112 valence electrons. The van der Waals surface area contributed by atoms with Gasteiger partial charge in [-0.1, -0.05) is 20.3 Å². The molecule has 2 aliphatic rings. The number of likely N-dealkylation sites (N-methyl/N-ethyl adjacent to an activating group) is 1. The Kier molecular flexibility index (Phi) is 5.30. The number of hydrogen-bond donors (Lipinski definition) is 1. The van der Waals surface area contributed by atoms with Gasteiger partial charge in [0.15, 0.2) is 0 Å². The maximum absolute atomic E-state index is 3.94. The van der Waals surface area contributed by atoms with Crippen LogP contribution in [0.4, 0.5) is 0 Å². The van der Waals surface area contributed by atoms with Crippen LogP contribution in [0.1, 0.15) is 65.2 Å². The molecule has 0 aromatic heterocycles. The minimum Gasteiger partial charge on any atom is -0.312 e. The van der Waals surface area contributed by atoms with E-state index in [0.717, 1.165) is 17.9 Å². The Bertz CT molecular complexity index is 262. The van der Waals surface area contributed by atoms with Gasteiger partial charge in [-0.25, -0.2) is 0 Å². The van der Waals surface area contributed by atoms with Crippen molar-refractivity contribution in [1.29, 1.82) is 0 Å². The van der Waals surface area contributed by atoms with Crippen molar-refractivity contribution in [2.24, 2.45) is 11.8 Å². The number of rotatable bonds is 6. The summed E-state index contributed by atoms with van der Waals surface area (Å²) < 4.78 is 0. The first-order chi connectivity index (χ1) is 9.10. The van der Waals surface area contributed by atoms with Gasteiger partial charge in [0.2, 0.25) is 0 Å². The fourth-order valence-electron chi connectivity index (χ4n) is 4.17. The van der Waals surface area contributed by atoms with Crippen LogP contribution in [0.2, 0.25) is 0 Å². The summed E-state index contributed by atoms with van der Waals surface area (Å²) in [5.74, 6) is 1.86. The highest BCUT2D eigenvalue weighted by molar-refractivity contribution is 5.05. The molecule has 0 radical (unpaired) electrons. The van der Waals surface area contributed by atoms with E-state index in [9.17, 15) is 0 Å². The predicted molar refractivity (Wildman–Crippen MR) is 83.5 cm³/mol. The highest BCUT2D eigenvalue weighted by Gasteiger charge is 2.47. The van der Waals surface area contributed by atoms with E-state index in [0.29, 0.717) is 5.54 Å². The largest absolute Gasteiger partial charge is 0.312 e. The molecule has 2 heteroatoms. The lowest BCUT2D eigenvalue weighted by Crippen LogP contribution is -2.64. The molecular weight excluding hydrogens is 232 g/mol. The smallest absolute Gasteiger partial charge is 0.0359 e. The summed E-state index contributed by atoms with van der Waals surface area (Å²) in [6.45, 7) is 5.90. The van der Waals surface area contributed by atoms with E-state index >= 15 is 0 Å². The highest BCUT2D eigenvalue weighted by Crippen LogP contribution is 2.44. The Morgan fingerprint density at radius 3 is 2.21 bits per heavy atom. The van der Waals surface area contributed by atoms with Crippen molar-refractivity contribution in [1.82, 2.24) is 10.2 Å². The SMILES string of the molecule is CCCNC(C1CCC1)C1(N(C)C)CCC(C)CC1. The van der Waals surface area contributed by atoms with Gasteiger partial charge < -0.3 is 10.2 Å². The molecule has 2 saturated carbocycles. The molecule has 0 aromatic rings. The monoisotopic (exact) mass is 266 g/mol. The first-order valence-corrected chi connectivity index (χ1v) is 8.51. The minimum absolute atomic E-state index is 0.423. The van der Waals surface area contributed by atoms with Gasteiger partial charge in [-0.05, 0) is 77.4 Å². The molecule has 0 amide bonds. The summed E-state index contributed by atoms with van der Waals surface area (Å²) in [6.07, 6.45) is 11.2. The van der Waals surface area contributed by atoms with Gasteiger partial charge in [0.1, 0.15) is 0 Å². The number of nitrogens with one attached hydrogen (secondary N) is 1. The van der Waals surface area contributed by atoms with E-state index in [1.165, 1.54) is 57.9 Å². The average molecular weight is 266 g/mol. The molecule has 2 aliphatic carbocycles. The zero-order valence-electron chi connectivity index (χ0n) is 13.5. The molecule has 0 saturated heterocycles. The lowest BCUT2D eigenvalue weighted by atomic mass is 9.64. The third-order valence-corrected chi connectivity index (χ3v) is 5.85. The topological polar surface area (TPSA) is 15.3 Å². The van der Waals surface area contributed by atoms with Crippen LogP contribution in [-0.4, -0.2) is 37.1 Å². The second-order valence-corrected chi connectivity index (χ2v) is 7.30. The Morgan fingerprint density at radius 1 is 1.16 bits per heavy atom. The average Bonchev–Trinajstić information content (AvgIpc) is 2.33. The van der Waals surface area contributed by atoms with Crippen LogP contribution in [0.3, 0.4) is 0 Å². The van der Waals surface area contributed by atoms with Crippen molar-refractivity contribution in [3.63, 3.8) is 0 Å². The van der Waals surface area contributed by atoms with Gasteiger partial charge in [-0.2, -0.15) is 0 Å². The maximum atomic E-state index is 3.94. The van der Waals surface area contributed by atoms with Crippen LogP contribution >= 0.6 is 0 Å². The molecule has 1 unspecified atom stereocenters. The number of nitrogens with zero attached hydrogens (tertiary/aromatic N) is 1. The van der Waals surface area contributed by atoms with E-state index in [1.807, 2.05) is 0 Å². The standard InChI is InChI=1S/C17H34N2/c1-5-13-18-16(15-7-6-8-15)17(19(3)4)11-9-14(2)10-12-17/h14-16,18H,5-13H2,1-4H3. The predicted octanol–water partition coefficient (Wildman–Crippen LogP) is 3.67. The first kappa shape index (κ1) is 15.3. The Labute approximate surface area is 120 Å². The number of hydrogen-bond acceptors (Lipinski definition) is 2. The van der Waals surface area contributed by atoms with Crippen LogP contribution in [0.5, 0.6) is 0 Å². The van der Waals surface area contributed by atoms with Crippen LogP contribution in [-0.2, 0) is 0 Å². The summed E-state index contributed by atoms with van der Waals surface area (Å²) >= 11 is 0. The third-order valence-electron chi connectivity index (χ3n) is 5.85. The first-order valence-electron chi connectivity index (χ1n) is 8.51. The second kappa shape index (κ2) is 6.58. The molecule has 1 N–H and O–H groups in total. The molecular formula is C17H34N2. The molecule has 2 rings (SSSR count). The molecule has 0 heterocycles. The van der Waals surface area contributed by atoms with Crippen molar-refractivity contribution >= 4 is 0 Å². The van der Waals surface area contributed by atoms with Crippen LogP contribution in [0.25, 0.3) is 0 Å². The zero-order valence-corrected chi connectivity index (χ0v) is 13.5. The van der Waals surface area contributed by atoms with Crippen molar-refractivity contribution in [2.75, 3.05) is 20.6 Å². The van der Waals surface area contributed by atoms with Crippen LogP contribution in [0, 0.1) is 11.8 Å². The van der Waals surface area contributed by atoms with Crippen LogP contribution in [0.15, 0.2) is 0 Å². The van der Waals surface area contributed by atoms with Gasteiger partial charge in [0.05, 0.1) is 0 Å². The van der Waals surface area contributed by atoms with E-state index in [4.69, 9.17) is 0 Å².